The summed E-state index contributed by atoms with van der Waals surface area (Å²) in [5, 5.41) is 8.89. The zero-order valence-electron chi connectivity index (χ0n) is 11.5. The van der Waals surface area contributed by atoms with Gasteiger partial charge in [0.2, 0.25) is 0 Å². The van der Waals surface area contributed by atoms with Gasteiger partial charge in [-0.15, -0.1) is 11.8 Å². The van der Waals surface area contributed by atoms with Crippen molar-refractivity contribution in [2.24, 2.45) is 0 Å². The first-order chi connectivity index (χ1) is 9.96. The topological polar surface area (TPSA) is 82.9 Å². The molecule has 5 nitrogen and oxygen atoms in total. The molecule has 0 bridgehead atoms. The maximum absolute atomic E-state index is 12.4. The van der Waals surface area contributed by atoms with E-state index in [0.29, 0.717) is 11.1 Å². The zero-order valence-corrected chi connectivity index (χ0v) is 13.1. The number of benzene rings is 1. The Balaban J connectivity index is 2.36. The highest BCUT2D eigenvalue weighted by molar-refractivity contribution is 7.98. The van der Waals surface area contributed by atoms with E-state index in [4.69, 9.17) is 5.26 Å². The smallest absolute Gasteiger partial charge is 0.263 e. The average molecular weight is 319 g/mol. The van der Waals surface area contributed by atoms with Crippen LogP contribution in [0.2, 0.25) is 0 Å². The van der Waals surface area contributed by atoms with Gasteiger partial charge in [-0.3, -0.25) is 4.72 Å². The van der Waals surface area contributed by atoms with Crippen molar-refractivity contribution in [2.45, 2.75) is 16.7 Å². The monoisotopic (exact) mass is 319 g/mol. The van der Waals surface area contributed by atoms with E-state index in [-0.39, 0.29) is 10.7 Å². The molecule has 2 rings (SSSR count). The van der Waals surface area contributed by atoms with E-state index in [2.05, 4.69) is 9.71 Å². The molecule has 0 spiro atoms. The van der Waals surface area contributed by atoms with Gasteiger partial charge in [-0.25, -0.2) is 13.4 Å². The quantitative estimate of drug-likeness (QED) is 0.876. The summed E-state index contributed by atoms with van der Waals surface area (Å²) in [6, 6.07) is 9.87. The lowest BCUT2D eigenvalue weighted by Gasteiger charge is -2.10. The zero-order chi connectivity index (χ0) is 15.5. The first-order valence-corrected chi connectivity index (χ1v) is 8.70. The fourth-order valence-electron chi connectivity index (χ4n) is 1.71. The molecule has 0 aliphatic rings. The molecule has 0 atom stereocenters. The summed E-state index contributed by atoms with van der Waals surface area (Å²) in [5.41, 5.74) is 0.869. The molecule has 0 amide bonds. The standard InChI is InChI=1S/C14H13N3O2S2/c1-10-3-4-11(8-15)7-13(10)21(18,19)17-14-6-5-12(20-2)9-16-14/h3-7,9H,1-2H3,(H,16,17). The summed E-state index contributed by atoms with van der Waals surface area (Å²) < 4.78 is 27.2. The number of nitriles is 1. The second kappa shape index (κ2) is 6.16. The van der Waals surface area contributed by atoms with Gasteiger partial charge in [0.1, 0.15) is 5.82 Å². The number of hydrogen-bond donors (Lipinski definition) is 1. The van der Waals surface area contributed by atoms with E-state index >= 15 is 0 Å². The highest BCUT2D eigenvalue weighted by Crippen LogP contribution is 2.21. The number of aromatic nitrogens is 1. The predicted molar refractivity (Wildman–Crippen MR) is 82.7 cm³/mol. The number of thioether (sulfide) groups is 1. The predicted octanol–water partition coefficient (Wildman–Crippen LogP) is 2.78. The Kier molecular flexibility index (Phi) is 4.50. The Morgan fingerprint density at radius 1 is 1.29 bits per heavy atom. The number of rotatable bonds is 4. The average Bonchev–Trinajstić information content (AvgIpc) is 2.48. The van der Waals surface area contributed by atoms with Crippen LogP contribution >= 0.6 is 11.8 Å². The molecule has 0 saturated heterocycles. The molecule has 7 heteroatoms. The van der Waals surface area contributed by atoms with Crippen LogP contribution in [0.5, 0.6) is 0 Å². The van der Waals surface area contributed by atoms with Gasteiger partial charge in [-0.05, 0) is 43.0 Å². The second-order valence-electron chi connectivity index (χ2n) is 4.28. The van der Waals surface area contributed by atoms with Crippen LogP contribution in [0.15, 0.2) is 46.3 Å². The van der Waals surface area contributed by atoms with Crippen molar-refractivity contribution in [1.29, 1.82) is 5.26 Å². The van der Waals surface area contributed by atoms with Gasteiger partial charge in [-0.1, -0.05) is 6.07 Å². The number of sulfonamides is 1. The largest absolute Gasteiger partial charge is 0.263 e. The minimum Gasteiger partial charge on any atom is -0.263 e. The lowest BCUT2D eigenvalue weighted by molar-refractivity contribution is 0.600. The molecule has 1 aromatic heterocycles. The molecule has 0 aliphatic heterocycles. The van der Waals surface area contributed by atoms with Gasteiger partial charge in [0.25, 0.3) is 10.0 Å². The lowest BCUT2D eigenvalue weighted by Crippen LogP contribution is -2.15. The van der Waals surface area contributed by atoms with Crippen LogP contribution in [0.3, 0.4) is 0 Å². The number of pyridine rings is 1. The lowest BCUT2D eigenvalue weighted by atomic mass is 10.2. The molecule has 0 fully saturated rings. The molecule has 1 N–H and O–H groups in total. The Morgan fingerprint density at radius 2 is 2.05 bits per heavy atom. The molecule has 0 radical (unpaired) electrons. The molecular formula is C14H13N3O2S2. The van der Waals surface area contributed by atoms with Crippen LogP contribution in [0.1, 0.15) is 11.1 Å². The van der Waals surface area contributed by atoms with Crippen molar-refractivity contribution >= 4 is 27.6 Å². The molecular weight excluding hydrogens is 306 g/mol. The molecule has 21 heavy (non-hydrogen) atoms. The van der Waals surface area contributed by atoms with Gasteiger partial charge in [0, 0.05) is 11.1 Å². The molecule has 1 heterocycles. The van der Waals surface area contributed by atoms with Crippen molar-refractivity contribution in [3.8, 4) is 6.07 Å². The summed E-state index contributed by atoms with van der Waals surface area (Å²) in [6.45, 7) is 1.68. The van der Waals surface area contributed by atoms with E-state index < -0.39 is 10.0 Å². The first kappa shape index (κ1) is 15.4. The van der Waals surface area contributed by atoms with Crippen molar-refractivity contribution in [3.05, 3.63) is 47.7 Å². The SMILES string of the molecule is CSc1ccc(NS(=O)(=O)c2cc(C#N)ccc2C)nc1. The highest BCUT2D eigenvalue weighted by atomic mass is 32.2. The summed E-state index contributed by atoms with van der Waals surface area (Å²) in [6.07, 6.45) is 3.51. The number of aryl methyl sites for hydroxylation is 1. The molecule has 0 saturated carbocycles. The van der Waals surface area contributed by atoms with Gasteiger partial charge in [-0.2, -0.15) is 5.26 Å². The fourth-order valence-corrected chi connectivity index (χ4v) is 3.36. The van der Waals surface area contributed by atoms with E-state index in [1.54, 1.807) is 37.4 Å². The van der Waals surface area contributed by atoms with Crippen molar-refractivity contribution in [1.82, 2.24) is 4.98 Å². The summed E-state index contributed by atoms with van der Waals surface area (Å²) in [5.74, 6) is 0.245. The third-order valence-electron chi connectivity index (χ3n) is 2.82. The van der Waals surface area contributed by atoms with E-state index in [1.807, 2.05) is 12.3 Å². The normalized spacial score (nSPS) is 10.9. The van der Waals surface area contributed by atoms with Crippen LogP contribution in [-0.4, -0.2) is 19.7 Å². The van der Waals surface area contributed by atoms with Crippen LogP contribution in [0.25, 0.3) is 0 Å². The van der Waals surface area contributed by atoms with E-state index in [9.17, 15) is 8.42 Å². The third kappa shape index (κ3) is 3.54. The second-order valence-corrected chi connectivity index (χ2v) is 6.81. The molecule has 1 aromatic carbocycles. The number of nitrogens with one attached hydrogen (secondary N) is 1. The van der Waals surface area contributed by atoms with Crippen LogP contribution in [0.4, 0.5) is 5.82 Å². The highest BCUT2D eigenvalue weighted by Gasteiger charge is 2.18. The number of nitrogens with zero attached hydrogens (tertiary/aromatic N) is 2. The van der Waals surface area contributed by atoms with Crippen molar-refractivity contribution in [3.63, 3.8) is 0 Å². The fraction of sp³-hybridized carbons (Fsp3) is 0.143. The van der Waals surface area contributed by atoms with Crippen LogP contribution in [-0.2, 0) is 10.0 Å². The maximum atomic E-state index is 12.4. The minimum atomic E-state index is -3.77. The van der Waals surface area contributed by atoms with Gasteiger partial charge in [0.05, 0.1) is 16.5 Å². The molecule has 0 unspecified atom stereocenters. The Hall–Kier alpha value is -2.04. The number of anilines is 1. The molecule has 2 aromatic rings. The number of hydrogen-bond acceptors (Lipinski definition) is 5. The Bertz CT molecular complexity index is 794. The summed E-state index contributed by atoms with van der Waals surface area (Å²) in [4.78, 5) is 5.08. The summed E-state index contributed by atoms with van der Waals surface area (Å²) in [7, 11) is -3.77. The van der Waals surface area contributed by atoms with Gasteiger partial charge >= 0.3 is 0 Å². The van der Waals surface area contributed by atoms with Crippen molar-refractivity contribution in [2.75, 3.05) is 11.0 Å². The van der Waals surface area contributed by atoms with Crippen molar-refractivity contribution < 1.29 is 8.42 Å². The van der Waals surface area contributed by atoms with Gasteiger partial charge in [0.15, 0.2) is 0 Å². The van der Waals surface area contributed by atoms with E-state index in [0.717, 1.165) is 4.90 Å². The van der Waals surface area contributed by atoms with Gasteiger partial charge < -0.3 is 0 Å². The van der Waals surface area contributed by atoms with Crippen LogP contribution in [0, 0.1) is 18.3 Å². The third-order valence-corrected chi connectivity index (χ3v) is 5.03. The Labute approximate surface area is 128 Å². The molecule has 0 aliphatic carbocycles. The molecule has 108 valence electrons. The summed E-state index contributed by atoms with van der Waals surface area (Å²) >= 11 is 1.52. The van der Waals surface area contributed by atoms with Crippen LogP contribution < -0.4 is 4.72 Å². The minimum absolute atomic E-state index is 0.0808. The Morgan fingerprint density at radius 3 is 2.62 bits per heavy atom. The first-order valence-electron chi connectivity index (χ1n) is 6.00. The van der Waals surface area contributed by atoms with E-state index in [1.165, 1.54) is 17.8 Å². The maximum Gasteiger partial charge on any atom is 0.263 e.